The molecular weight excluding hydrogens is 390 g/mol. The van der Waals surface area contributed by atoms with E-state index in [0.29, 0.717) is 31.9 Å². The highest BCUT2D eigenvalue weighted by atomic mass is 16.5. The van der Waals surface area contributed by atoms with Gasteiger partial charge in [0.15, 0.2) is 18.1 Å². The number of hydrogen-bond acceptors (Lipinski definition) is 6. The SMILES string of the molecule is COc1cccc(C(=O)OCC(=O)N2CCN(C(=O)Nc3ccccc3)CC2)c1O. The molecule has 0 atom stereocenters. The summed E-state index contributed by atoms with van der Waals surface area (Å²) < 4.78 is 9.99. The first-order chi connectivity index (χ1) is 14.5. The summed E-state index contributed by atoms with van der Waals surface area (Å²) in [6, 6.07) is 13.3. The zero-order chi connectivity index (χ0) is 21.5. The second-order valence-electron chi connectivity index (χ2n) is 6.60. The lowest BCUT2D eigenvalue weighted by atomic mass is 10.2. The minimum absolute atomic E-state index is 0.0791. The average molecular weight is 413 g/mol. The molecule has 1 aliphatic rings. The Morgan fingerprint density at radius 2 is 1.63 bits per heavy atom. The van der Waals surface area contributed by atoms with Crippen molar-refractivity contribution in [1.29, 1.82) is 0 Å². The van der Waals surface area contributed by atoms with Crippen LogP contribution >= 0.6 is 0 Å². The Kier molecular flexibility index (Phi) is 6.74. The minimum Gasteiger partial charge on any atom is -0.504 e. The van der Waals surface area contributed by atoms with E-state index >= 15 is 0 Å². The fourth-order valence-corrected chi connectivity index (χ4v) is 3.03. The van der Waals surface area contributed by atoms with Crippen LogP contribution in [0.25, 0.3) is 0 Å². The molecule has 2 aromatic carbocycles. The number of benzene rings is 2. The van der Waals surface area contributed by atoms with Crippen LogP contribution in [0.2, 0.25) is 0 Å². The third kappa shape index (κ3) is 4.99. The molecule has 0 bridgehead atoms. The summed E-state index contributed by atoms with van der Waals surface area (Å²) in [7, 11) is 1.37. The smallest absolute Gasteiger partial charge is 0.342 e. The summed E-state index contributed by atoms with van der Waals surface area (Å²) in [5.41, 5.74) is 0.623. The summed E-state index contributed by atoms with van der Waals surface area (Å²) in [5, 5.41) is 12.8. The first-order valence-corrected chi connectivity index (χ1v) is 9.41. The van der Waals surface area contributed by atoms with E-state index in [2.05, 4.69) is 5.32 Å². The number of hydrogen-bond donors (Lipinski definition) is 2. The van der Waals surface area contributed by atoms with E-state index in [0.717, 1.165) is 0 Å². The number of nitrogens with zero attached hydrogens (tertiary/aromatic N) is 2. The van der Waals surface area contributed by atoms with E-state index in [1.807, 2.05) is 18.2 Å². The van der Waals surface area contributed by atoms with Crippen molar-refractivity contribution in [3.8, 4) is 11.5 Å². The van der Waals surface area contributed by atoms with Crippen LogP contribution in [0.15, 0.2) is 48.5 Å². The Morgan fingerprint density at radius 3 is 2.30 bits per heavy atom. The Balaban J connectivity index is 1.46. The maximum Gasteiger partial charge on any atom is 0.342 e. The highest BCUT2D eigenvalue weighted by molar-refractivity contribution is 5.94. The van der Waals surface area contributed by atoms with Gasteiger partial charge >= 0.3 is 12.0 Å². The van der Waals surface area contributed by atoms with Crippen LogP contribution in [-0.4, -0.2) is 72.7 Å². The standard InChI is InChI=1S/C21H23N3O6/c1-29-17-9-5-8-16(19(17)26)20(27)30-14-18(25)23-10-12-24(13-11-23)21(28)22-15-6-3-2-4-7-15/h2-9,26H,10-14H2,1H3,(H,22,28). The van der Waals surface area contributed by atoms with E-state index < -0.39 is 12.6 Å². The lowest BCUT2D eigenvalue weighted by molar-refractivity contribution is -0.135. The zero-order valence-corrected chi connectivity index (χ0v) is 16.5. The first kappa shape index (κ1) is 21.0. The largest absolute Gasteiger partial charge is 0.504 e. The fourth-order valence-electron chi connectivity index (χ4n) is 3.03. The number of carbonyl (C=O) groups is 3. The molecule has 30 heavy (non-hydrogen) atoms. The molecule has 1 saturated heterocycles. The molecule has 3 rings (SSSR count). The Morgan fingerprint density at radius 1 is 0.967 bits per heavy atom. The van der Waals surface area contributed by atoms with Crippen molar-refractivity contribution in [1.82, 2.24) is 9.80 Å². The minimum atomic E-state index is -0.819. The van der Waals surface area contributed by atoms with Crippen molar-refractivity contribution >= 4 is 23.6 Å². The van der Waals surface area contributed by atoms with Gasteiger partial charge in [0, 0.05) is 31.9 Å². The molecule has 3 amide bonds. The second-order valence-corrected chi connectivity index (χ2v) is 6.60. The number of ether oxygens (including phenoxy) is 2. The molecule has 9 nitrogen and oxygen atoms in total. The molecule has 1 fully saturated rings. The number of aromatic hydroxyl groups is 1. The highest BCUT2D eigenvalue weighted by Crippen LogP contribution is 2.29. The van der Waals surface area contributed by atoms with Gasteiger partial charge in [-0.2, -0.15) is 0 Å². The van der Waals surface area contributed by atoms with Crippen LogP contribution in [0.4, 0.5) is 10.5 Å². The summed E-state index contributed by atoms with van der Waals surface area (Å²) in [6.07, 6.45) is 0. The van der Waals surface area contributed by atoms with Crippen molar-refractivity contribution < 1.29 is 29.0 Å². The molecule has 1 heterocycles. The van der Waals surface area contributed by atoms with Crippen LogP contribution < -0.4 is 10.1 Å². The van der Waals surface area contributed by atoms with Crippen LogP contribution in [0, 0.1) is 0 Å². The number of urea groups is 1. The number of anilines is 1. The number of piperazine rings is 1. The molecule has 0 aliphatic carbocycles. The number of nitrogens with one attached hydrogen (secondary N) is 1. The van der Waals surface area contributed by atoms with Gasteiger partial charge < -0.3 is 29.7 Å². The number of amides is 3. The highest BCUT2D eigenvalue weighted by Gasteiger charge is 2.25. The molecule has 9 heteroatoms. The van der Waals surface area contributed by atoms with Gasteiger partial charge in [-0.1, -0.05) is 24.3 Å². The van der Waals surface area contributed by atoms with E-state index in [4.69, 9.17) is 9.47 Å². The molecule has 2 aromatic rings. The third-order valence-corrected chi connectivity index (χ3v) is 4.71. The number of phenols is 1. The van der Waals surface area contributed by atoms with E-state index in [1.165, 1.54) is 30.2 Å². The normalized spacial score (nSPS) is 13.5. The van der Waals surface area contributed by atoms with Gasteiger partial charge in [-0.05, 0) is 24.3 Å². The van der Waals surface area contributed by atoms with Gasteiger partial charge in [-0.3, -0.25) is 4.79 Å². The van der Waals surface area contributed by atoms with Gasteiger partial charge in [0.05, 0.1) is 7.11 Å². The molecule has 158 valence electrons. The number of para-hydroxylation sites is 2. The number of rotatable bonds is 5. The van der Waals surface area contributed by atoms with Crippen LogP contribution in [-0.2, 0) is 9.53 Å². The number of carbonyl (C=O) groups excluding carboxylic acids is 3. The van der Waals surface area contributed by atoms with Crippen LogP contribution in [0.5, 0.6) is 11.5 Å². The fraction of sp³-hybridized carbons (Fsp3) is 0.286. The average Bonchev–Trinajstić information content (AvgIpc) is 2.78. The maximum absolute atomic E-state index is 12.4. The molecule has 0 radical (unpaired) electrons. The quantitative estimate of drug-likeness (QED) is 0.725. The maximum atomic E-state index is 12.4. The Hall–Kier alpha value is -3.75. The summed E-state index contributed by atoms with van der Waals surface area (Å²) in [6.45, 7) is 0.960. The molecule has 1 aliphatic heterocycles. The van der Waals surface area contributed by atoms with Crippen molar-refractivity contribution in [2.24, 2.45) is 0 Å². The third-order valence-electron chi connectivity index (χ3n) is 4.71. The molecule has 0 spiro atoms. The van der Waals surface area contributed by atoms with Gasteiger partial charge in [-0.25, -0.2) is 9.59 Å². The summed E-state index contributed by atoms with van der Waals surface area (Å²) >= 11 is 0. The van der Waals surface area contributed by atoms with Crippen LogP contribution in [0.1, 0.15) is 10.4 Å². The predicted octanol–water partition coefficient (Wildman–Crippen LogP) is 1.93. The number of methoxy groups -OCH3 is 1. The van der Waals surface area contributed by atoms with Gasteiger partial charge in [0.1, 0.15) is 5.56 Å². The van der Waals surface area contributed by atoms with Gasteiger partial charge in [0.2, 0.25) is 0 Å². The lowest BCUT2D eigenvalue weighted by Gasteiger charge is -2.34. The topological polar surface area (TPSA) is 108 Å². The van der Waals surface area contributed by atoms with Crippen LogP contribution in [0.3, 0.4) is 0 Å². The van der Waals surface area contributed by atoms with Crippen molar-refractivity contribution in [3.63, 3.8) is 0 Å². The summed E-state index contributed by atoms with van der Waals surface area (Å²) in [4.78, 5) is 40.0. The van der Waals surface area contributed by atoms with Crippen molar-refractivity contribution in [3.05, 3.63) is 54.1 Å². The second kappa shape index (κ2) is 9.64. The lowest BCUT2D eigenvalue weighted by Crippen LogP contribution is -2.52. The predicted molar refractivity (Wildman–Crippen MR) is 109 cm³/mol. The van der Waals surface area contributed by atoms with E-state index in [-0.39, 0.29) is 29.0 Å². The van der Waals surface area contributed by atoms with Crippen molar-refractivity contribution in [2.45, 2.75) is 0 Å². The zero-order valence-electron chi connectivity index (χ0n) is 16.5. The monoisotopic (exact) mass is 413 g/mol. The van der Waals surface area contributed by atoms with E-state index in [1.54, 1.807) is 17.0 Å². The van der Waals surface area contributed by atoms with E-state index in [9.17, 15) is 19.5 Å². The molecule has 2 N–H and O–H groups in total. The Labute approximate surface area is 173 Å². The van der Waals surface area contributed by atoms with Gasteiger partial charge in [0.25, 0.3) is 5.91 Å². The first-order valence-electron chi connectivity index (χ1n) is 9.41. The number of esters is 1. The van der Waals surface area contributed by atoms with Crippen molar-refractivity contribution in [2.75, 3.05) is 45.2 Å². The number of phenolic OH excluding ortho intramolecular Hbond substituents is 1. The summed E-state index contributed by atoms with van der Waals surface area (Å²) in [5.74, 6) is -1.38. The molecule has 0 aromatic heterocycles. The van der Waals surface area contributed by atoms with Gasteiger partial charge in [-0.15, -0.1) is 0 Å². The Bertz CT molecular complexity index is 910. The molecular formula is C21H23N3O6. The molecule has 0 saturated carbocycles. The molecule has 0 unspecified atom stereocenters.